The van der Waals surface area contributed by atoms with E-state index in [4.69, 9.17) is 4.74 Å². The van der Waals surface area contributed by atoms with Gasteiger partial charge in [-0.15, -0.1) is 0 Å². The van der Waals surface area contributed by atoms with Gasteiger partial charge in [-0.3, -0.25) is 9.59 Å². The SMILES string of the molecule is CCN(CC)C(=O)COC(=O)[C@@H]1CC(O)CN1S(=O)(=O)c1ccc(C)c(C)c1. The number of carbonyl (C=O) groups is 2. The van der Waals surface area contributed by atoms with E-state index in [-0.39, 0.29) is 23.8 Å². The van der Waals surface area contributed by atoms with Gasteiger partial charge < -0.3 is 14.7 Å². The minimum absolute atomic E-state index is 0.0571. The van der Waals surface area contributed by atoms with E-state index < -0.39 is 34.7 Å². The number of esters is 1. The second-order valence-electron chi connectivity index (χ2n) is 6.90. The summed E-state index contributed by atoms with van der Waals surface area (Å²) in [6.07, 6.45) is -1.04. The molecule has 0 aliphatic carbocycles. The predicted octanol–water partition coefficient (Wildman–Crippen LogP) is 0.839. The quantitative estimate of drug-likeness (QED) is 0.666. The minimum atomic E-state index is -3.99. The van der Waals surface area contributed by atoms with Crippen LogP contribution in [0.4, 0.5) is 0 Å². The lowest BCUT2D eigenvalue weighted by molar-refractivity contribution is -0.154. The van der Waals surface area contributed by atoms with Gasteiger partial charge in [0.05, 0.1) is 11.0 Å². The topological polar surface area (TPSA) is 104 Å². The number of likely N-dealkylation sites (N-methyl/N-ethyl adjacent to an activating group) is 1. The second-order valence-corrected chi connectivity index (χ2v) is 8.79. The van der Waals surface area contributed by atoms with Crippen molar-refractivity contribution in [2.75, 3.05) is 26.2 Å². The van der Waals surface area contributed by atoms with Crippen LogP contribution in [0.2, 0.25) is 0 Å². The largest absolute Gasteiger partial charge is 0.454 e. The fourth-order valence-corrected chi connectivity index (χ4v) is 4.88. The molecule has 1 saturated heterocycles. The summed E-state index contributed by atoms with van der Waals surface area (Å²) in [5, 5.41) is 9.98. The molecule has 1 heterocycles. The molecule has 2 atom stereocenters. The lowest BCUT2D eigenvalue weighted by atomic mass is 10.1. The summed E-state index contributed by atoms with van der Waals surface area (Å²) in [6, 6.07) is 3.56. The van der Waals surface area contributed by atoms with E-state index in [2.05, 4.69) is 0 Å². The van der Waals surface area contributed by atoms with E-state index in [1.54, 1.807) is 19.1 Å². The molecule has 1 fully saturated rings. The summed E-state index contributed by atoms with van der Waals surface area (Å²) in [5.41, 5.74) is 1.76. The van der Waals surface area contributed by atoms with Crippen LogP contribution in [0.25, 0.3) is 0 Å². The van der Waals surface area contributed by atoms with Crippen LogP contribution in [0.3, 0.4) is 0 Å². The molecular weight excluding hydrogens is 384 g/mol. The van der Waals surface area contributed by atoms with Gasteiger partial charge in [-0.2, -0.15) is 4.31 Å². The number of hydrogen-bond donors (Lipinski definition) is 1. The molecule has 1 unspecified atom stereocenters. The van der Waals surface area contributed by atoms with Crippen molar-refractivity contribution in [3.05, 3.63) is 29.3 Å². The van der Waals surface area contributed by atoms with E-state index in [1.165, 1.54) is 11.0 Å². The first-order chi connectivity index (χ1) is 13.1. The van der Waals surface area contributed by atoms with Crippen molar-refractivity contribution >= 4 is 21.9 Å². The monoisotopic (exact) mass is 412 g/mol. The third-order valence-corrected chi connectivity index (χ3v) is 6.92. The number of hydrogen-bond acceptors (Lipinski definition) is 6. The van der Waals surface area contributed by atoms with Crippen LogP contribution in [0.15, 0.2) is 23.1 Å². The molecule has 1 aliphatic heterocycles. The van der Waals surface area contributed by atoms with Gasteiger partial charge in [-0.25, -0.2) is 8.42 Å². The number of sulfonamides is 1. The Morgan fingerprint density at radius 1 is 1.21 bits per heavy atom. The number of aryl methyl sites for hydroxylation is 2. The van der Waals surface area contributed by atoms with Gasteiger partial charge in [-0.05, 0) is 51.0 Å². The number of ether oxygens (including phenoxy) is 1. The maximum absolute atomic E-state index is 13.0. The summed E-state index contributed by atoms with van der Waals surface area (Å²) in [5.74, 6) is -1.18. The Bertz CT molecular complexity index is 835. The lowest BCUT2D eigenvalue weighted by Crippen LogP contribution is -2.43. The van der Waals surface area contributed by atoms with Gasteiger partial charge in [0.1, 0.15) is 6.04 Å². The first-order valence-electron chi connectivity index (χ1n) is 9.33. The van der Waals surface area contributed by atoms with Gasteiger partial charge in [0.15, 0.2) is 6.61 Å². The molecule has 28 heavy (non-hydrogen) atoms. The first-order valence-corrected chi connectivity index (χ1v) is 10.8. The number of β-amino-alcohol motifs (C(OH)–C–C–N with tert-alkyl or cyclic N) is 1. The average molecular weight is 413 g/mol. The third kappa shape index (κ3) is 4.71. The van der Waals surface area contributed by atoms with Crippen molar-refractivity contribution < 1.29 is 27.9 Å². The Hall–Kier alpha value is -1.97. The lowest BCUT2D eigenvalue weighted by Gasteiger charge is -2.23. The molecule has 1 N–H and O–H groups in total. The molecule has 1 aliphatic rings. The van der Waals surface area contributed by atoms with Crippen LogP contribution in [0, 0.1) is 13.8 Å². The predicted molar refractivity (Wildman–Crippen MR) is 103 cm³/mol. The average Bonchev–Trinajstić information content (AvgIpc) is 3.05. The fraction of sp³-hybridized carbons (Fsp3) is 0.579. The van der Waals surface area contributed by atoms with Gasteiger partial charge in [-0.1, -0.05) is 6.07 Å². The maximum Gasteiger partial charge on any atom is 0.325 e. The van der Waals surface area contributed by atoms with Gasteiger partial charge in [0.2, 0.25) is 10.0 Å². The highest BCUT2D eigenvalue weighted by Gasteiger charge is 2.44. The third-order valence-electron chi connectivity index (χ3n) is 5.04. The molecule has 8 nitrogen and oxygen atoms in total. The number of aliphatic hydroxyl groups is 1. The Morgan fingerprint density at radius 3 is 2.43 bits per heavy atom. The van der Waals surface area contributed by atoms with E-state index in [0.29, 0.717) is 13.1 Å². The summed E-state index contributed by atoms with van der Waals surface area (Å²) in [6.45, 7) is 7.63. The highest BCUT2D eigenvalue weighted by atomic mass is 32.2. The van der Waals surface area contributed by atoms with Crippen molar-refractivity contribution in [3.8, 4) is 0 Å². The number of benzene rings is 1. The van der Waals surface area contributed by atoms with E-state index in [0.717, 1.165) is 15.4 Å². The molecule has 1 aromatic carbocycles. The number of nitrogens with zero attached hydrogens (tertiary/aromatic N) is 2. The van der Waals surface area contributed by atoms with Crippen LogP contribution >= 0.6 is 0 Å². The normalized spacial score (nSPS) is 20.2. The zero-order chi connectivity index (χ0) is 21.1. The zero-order valence-corrected chi connectivity index (χ0v) is 17.5. The smallest absolute Gasteiger partial charge is 0.325 e. The molecule has 0 radical (unpaired) electrons. The fourth-order valence-electron chi connectivity index (χ4n) is 3.17. The number of amides is 1. The summed E-state index contributed by atoms with van der Waals surface area (Å²) in [4.78, 5) is 26.1. The van der Waals surface area contributed by atoms with Crippen molar-refractivity contribution in [2.45, 2.75) is 51.2 Å². The van der Waals surface area contributed by atoms with Crippen molar-refractivity contribution in [3.63, 3.8) is 0 Å². The van der Waals surface area contributed by atoms with Crippen LogP contribution in [-0.4, -0.2) is 73.0 Å². The molecule has 1 aromatic rings. The summed E-state index contributed by atoms with van der Waals surface area (Å²) in [7, 11) is -3.99. The molecular formula is C19H28N2O6S. The summed E-state index contributed by atoms with van der Waals surface area (Å²) < 4.78 is 32.1. The Labute approximate surface area is 166 Å². The number of aliphatic hydroxyl groups excluding tert-OH is 1. The number of carbonyl (C=O) groups excluding carboxylic acids is 2. The Balaban J connectivity index is 2.18. The minimum Gasteiger partial charge on any atom is -0.454 e. The first kappa shape index (κ1) is 22.3. The highest BCUT2D eigenvalue weighted by molar-refractivity contribution is 7.89. The van der Waals surface area contributed by atoms with E-state index >= 15 is 0 Å². The maximum atomic E-state index is 13.0. The van der Waals surface area contributed by atoms with E-state index in [1.807, 2.05) is 20.8 Å². The standard InChI is InChI=1S/C19H28N2O6S/c1-5-20(6-2)18(23)12-27-19(24)17-10-15(22)11-21(17)28(25,26)16-8-7-13(3)14(4)9-16/h7-9,15,17,22H,5-6,10-12H2,1-4H3/t15?,17-/m0/s1. The Kier molecular flexibility index (Phi) is 7.19. The molecule has 2 rings (SSSR count). The van der Waals surface area contributed by atoms with Crippen LogP contribution in [-0.2, 0) is 24.3 Å². The van der Waals surface area contributed by atoms with Crippen molar-refractivity contribution in [1.82, 2.24) is 9.21 Å². The molecule has 156 valence electrons. The zero-order valence-electron chi connectivity index (χ0n) is 16.7. The molecule has 9 heteroatoms. The Morgan fingerprint density at radius 2 is 1.86 bits per heavy atom. The van der Waals surface area contributed by atoms with Crippen LogP contribution < -0.4 is 0 Å². The number of rotatable bonds is 7. The molecule has 0 aromatic heterocycles. The molecule has 1 amide bonds. The van der Waals surface area contributed by atoms with Crippen LogP contribution in [0.1, 0.15) is 31.4 Å². The van der Waals surface area contributed by atoms with Crippen molar-refractivity contribution in [1.29, 1.82) is 0 Å². The van der Waals surface area contributed by atoms with E-state index in [9.17, 15) is 23.1 Å². The molecule has 0 bridgehead atoms. The van der Waals surface area contributed by atoms with Gasteiger partial charge in [0, 0.05) is 26.1 Å². The van der Waals surface area contributed by atoms with Crippen LogP contribution in [0.5, 0.6) is 0 Å². The second kappa shape index (κ2) is 9.02. The molecule has 0 saturated carbocycles. The van der Waals surface area contributed by atoms with Gasteiger partial charge >= 0.3 is 5.97 Å². The van der Waals surface area contributed by atoms with Gasteiger partial charge in [0.25, 0.3) is 5.91 Å². The summed E-state index contributed by atoms with van der Waals surface area (Å²) >= 11 is 0. The van der Waals surface area contributed by atoms with Crippen molar-refractivity contribution in [2.24, 2.45) is 0 Å². The highest BCUT2D eigenvalue weighted by Crippen LogP contribution is 2.28. The molecule has 0 spiro atoms.